The van der Waals surface area contributed by atoms with Crippen molar-refractivity contribution in [2.24, 2.45) is 5.92 Å². The molecule has 88 valence electrons. The van der Waals surface area contributed by atoms with E-state index in [0.717, 1.165) is 12.5 Å². The SMILES string of the molecule is Cc1ccc(NCC2CCCCC2)cc1Br. The van der Waals surface area contributed by atoms with E-state index in [1.165, 1.54) is 47.8 Å². The van der Waals surface area contributed by atoms with Crippen LogP contribution in [0.15, 0.2) is 22.7 Å². The first-order chi connectivity index (χ1) is 7.75. The first-order valence-electron chi connectivity index (χ1n) is 6.26. The summed E-state index contributed by atoms with van der Waals surface area (Å²) in [4.78, 5) is 0. The predicted molar refractivity (Wildman–Crippen MR) is 73.9 cm³/mol. The summed E-state index contributed by atoms with van der Waals surface area (Å²) in [7, 11) is 0. The van der Waals surface area contributed by atoms with Crippen LogP contribution >= 0.6 is 15.9 Å². The summed E-state index contributed by atoms with van der Waals surface area (Å²) < 4.78 is 1.20. The monoisotopic (exact) mass is 281 g/mol. The lowest BCUT2D eigenvalue weighted by atomic mass is 9.89. The van der Waals surface area contributed by atoms with Crippen molar-refractivity contribution in [3.63, 3.8) is 0 Å². The Labute approximate surface area is 107 Å². The summed E-state index contributed by atoms with van der Waals surface area (Å²) in [6, 6.07) is 6.51. The molecular formula is C14H20BrN. The Kier molecular flexibility index (Phi) is 4.28. The maximum absolute atomic E-state index is 3.57. The van der Waals surface area contributed by atoms with Gasteiger partial charge in [-0.15, -0.1) is 0 Å². The van der Waals surface area contributed by atoms with E-state index in [4.69, 9.17) is 0 Å². The zero-order chi connectivity index (χ0) is 11.4. The standard InChI is InChI=1S/C14H20BrN/c1-11-7-8-13(9-14(11)15)16-10-12-5-3-2-4-6-12/h7-9,12,16H,2-6,10H2,1H3. The number of anilines is 1. The summed E-state index contributed by atoms with van der Waals surface area (Å²) in [6.07, 6.45) is 7.08. The van der Waals surface area contributed by atoms with Crippen LogP contribution < -0.4 is 5.32 Å². The molecule has 1 aromatic carbocycles. The van der Waals surface area contributed by atoms with Crippen molar-refractivity contribution in [1.82, 2.24) is 0 Å². The molecule has 0 bridgehead atoms. The van der Waals surface area contributed by atoms with Crippen LogP contribution in [0.2, 0.25) is 0 Å². The van der Waals surface area contributed by atoms with Crippen molar-refractivity contribution in [2.75, 3.05) is 11.9 Å². The van der Waals surface area contributed by atoms with Gasteiger partial charge in [0.2, 0.25) is 0 Å². The lowest BCUT2D eigenvalue weighted by Gasteiger charge is -2.22. The number of benzene rings is 1. The molecule has 1 aliphatic rings. The Balaban J connectivity index is 1.86. The number of hydrogen-bond acceptors (Lipinski definition) is 1. The Bertz CT molecular complexity index is 343. The molecule has 0 radical (unpaired) electrons. The molecule has 1 aromatic rings. The van der Waals surface area contributed by atoms with Gasteiger partial charge in [-0.1, -0.05) is 41.3 Å². The second-order valence-electron chi connectivity index (χ2n) is 4.85. The molecule has 2 rings (SSSR count). The van der Waals surface area contributed by atoms with Gasteiger partial charge in [0.15, 0.2) is 0 Å². The molecule has 0 aromatic heterocycles. The van der Waals surface area contributed by atoms with Crippen LogP contribution in [-0.4, -0.2) is 6.54 Å². The topological polar surface area (TPSA) is 12.0 Å². The molecule has 1 nitrogen and oxygen atoms in total. The first kappa shape index (κ1) is 12.0. The Morgan fingerprint density at radius 1 is 1.25 bits per heavy atom. The van der Waals surface area contributed by atoms with Gasteiger partial charge in [-0.2, -0.15) is 0 Å². The molecule has 0 atom stereocenters. The fraction of sp³-hybridized carbons (Fsp3) is 0.571. The highest BCUT2D eigenvalue weighted by Gasteiger charge is 2.12. The van der Waals surface area contributed by atoms with Gasteiger partial charge in [0.1, 0.15) is 0 Å². The molecule has 0 spiro atoms. The highest BCUT2D eigenvalue weighted by Crippen LogP contribution is 2.25. The third-order valence-corrected chi connectivity index (χ3v) is 4.35. The number of rotatable bonds is 3. The Morgan fingerprint density at radius 2 is 2.00 bits per heavy atom. The molecule has 16 heavy (non-hydrogen) atoms. The zero-order valence-corrected chi connectivity index (χ0v) is 11.5. The average molecular weight is 282 g/mol. The van der Waals surface area contributed by atoms with Crippen molar-refractivity contribution in [3.05, 3.63) is 28.2 Å². The van der Waals surface area contributed by atoms with Crippen LogP contribution in [0.25, 0.3) is 0 Å². The van der Waals surface area contributed by atoms with E-state index in [1.807, 2.05) is 0 Å². The maximum atomic E-state index is 3.57. The number of halogens is 1. The smallest absolute Gasteiger partial charge is 0.0351 e. The Morgan fingerprint density at radius 3 is 2.69 bits per heavy atom. The van der Waals surface area contributed by atoms with Gasteiger partial charge in [0.25, 0.3) is 0 Å². The largest absolute Gasteiger partial charge is 0.385 e. The summed E-state index contributed by atoms with van der Waals surface area (Å²) in [5.41, 5.74) is 2.53. The number of aryl methyl sites for hydroxylation is 1. The molecule has 1 N–H and O–H groups in total. The normalized spacial score (nSPS) is 17.4. The van der Waals surface area contributed by atoms with E-state index < -0.39 is 0 Å². The van der Waals surface area contributed by atoms with Crippen molar-refractivity contribution in [1.29, 1.82) is 0 Å². The fourth-order valence-electron chi connectivity index (χ4n) is 2.36. The maximum Gasteiger partial charge on any atom is 0.0351 e. The van der Waals surface area contributed by atoms with E-state index in [2.05, 4.69) is 46.4 Å². The van der Waals surface area contributed by atoms with E-state index >= 15 is 0 Å². The van der Waals surface area contributed by atoms with Crippen molar-refractivity contribution in [3.8, 4) is 0 Å². The molecule has 1 fully saturated rings. The summed E-state index contributed by atoms with van der Waals surface area (Å²) in [5, 5.41) is 3.55. The first-order valence-corrected chi connectivity index (χ1v) is 7.05. The van der Waals surface area contributed by atoms with E-state index in [1.54, 1.807) is 0 Å². The van der Waals surface area contributed by atoms with Crippen LogP contribution in [0.4, 0.5) is 5.69 Å². The van der Waals surface area contributed by atoms with Gasteiger partial charge < -0.3 is 5.32 Å². The molecule has 0 aliphatic heterocycles. The minimum Gasteiger partial charge on any atom is -0.385 e. The predicted octanol–water partition coefficient (Wildman–Crippen LogP) is 4.75. The van der Waals surface area contributed by atoms with Gasteiger partial charge in [0.05, 0.1) is 0 Å². The molecule has 1 aliphatic carbocycles. The molecule has 0 saturated heterocycles. The third-order valence-electron chi connectivity index (χ3n) is 3.49. The quantitative estimate of drug-likeness (QED) is 0.843. The van der Waals surface area contributed by atoms with Gasteiger partial charge in [-0.3, -0.25) is 0 Å². The van der Waals surface area contributed by atoms with Gasteiger partial charge in [-0.25, -0.2) is 0 Å². The molecule has 0 heterocycles. The highest BCUT2D eigenvalue weighted by molar-refractivity contribution is 9.10. The van der Waals surface area contributed by atoms with Crippen molar-refractivity contribution < 1.29 is 0 Å². The average Bonchev–Trinajstić information content (AvgIpc) is 2.32. The third kappa shape index (κ3) is 3.24. The zero-order valence-electron chi connectivity index (χ0n) is 9.93. The second kappa shape index (κ2) is 5.72. The van der Waals surface area contributed by atoms with Crippen LogP contribution in [0.1, 0.15) is 37.7 Å². The Hall–Kier alpha value is -0.500. The molecule has 0 amide bonds. The lowest BCUT2D eigenvalue weighted by molar-refractivity contribution is 0.373. The van der Waals surface area contributed by atoms with Crippen molar-refractivity contribution >= 4 is 21.6 Å². The molecule has 2 heteroatoms. The van der Waals surface area contributed by atoms with E-state index in [0.29, 0.717) is 0 Å². The van der Waals surface area contributed by atoms with Crippen LogP contribution in [0, 0.1) is 12.8 Å². The summed E-state index contributed by atoms with van der Waals surface area (Å²) >= 11 is 3.57. The number of nitrogens with one attached hydrogen (secondary N) is 1. The highest BCUT2D eigenvalue weighted by atomic mass is 79.9. The van der Waals surface area contributed by atoms with Gasteiger partial charge >= 0.3 is 0 Å². The minimum absolute atomic E-state index is 0.883. The van der Waals surface area contributed by atoms with E-state index in [9.17, 15) is 0 Å². The fourth-order valence-corrected chi connectivity index (χ4v) is 2.74. The number of hydrogen-bond donors (Lipinski definition) is 1. The van der Waals surface area contributed by atoms with Crippen LogP contribution in [0.3, 0.4) is 0 Å². The summed E-state index contributed by atoms with van der Waals surface area (Å²) in [5.74, 6) is 0.883. The minimum atomic E-state index is 0.883. The molecular weight excluding hydrogens is 262 g/mol. The van der Waals surface area contributed by atoms with Gasteiger partial charge in [-0.05, 0) is 43.4 Å². The van der Waals surface area contributed by atoms with E-state index in [-0.39, 0.29) is 0 Å². The second-order valence-corrected chi connectivity index (χ2v) is 5.70. The van der Waals surface area contributed by atoms with Gasteiger partial charge in [0, 0.05) is 16.7 Å². The summed E-state index contributed by atoms with van der Waals surface area (Å²) in [6.45, 7) is 3.25. The molecule has 0 unspecified atom stereocenters. The van der Waals surface area contributed by atoms with Crippen molar-refractivity contribution in [2.45, 2.75) is 39.0 Å². The van der Waals surface area contributed by atoms with Crippen LogP contribution in [0.5, 0.6) is 0 Å². The lowest BCUT2D eigenvalue weighted by Crippen LogP contribution is -2.17. The molecule has 1 saturated carbocycles. The van der Waals surface area contributed by atoms with Crippen LogP contribution in [-0.2, 0) is 0 Å².